The molecule has 1 N–H and O–H groups in total. The summed E-state index contributed by atoms with van der Waals surface area (Å²) in [4.78, 5) is 13.1. The molecule has 2 rings (SSSR count). The molecule has 0 aromatic heterocycles. The fourth-order valence-electron chi connectivity index (χ4n) is 2.59. The van der Waals surface area contributed by atoms with Crippen LogP contribution in [0.2, 0.25) is 0 Å². The topological polar surface area (TPSA) is 40.5 Å². The van der Waals surface area contributed by atoms with Crippen LogP contribution >= 0.6 is 0 Å². The minimum atomic E-state index is -0.0833. The fourth-order valence-corrected chi connectivity index (χ4v) is 2.59. The minimum Gasteiger partial charge on any atom is -0.376 e. The molecule has 0 aromatic rings. The van der Waals surface area contributed by atoms with Gasteiger partial charge >= 0.3 is 0 Å². The number of carbonyl (C=O) groups is 1. The van der Waals surface area contributed by atoms with Crippen LogP contribution in [-0.2, 0) is 4.79 Å². The molecule has 1 aliphatic carbocycles. The summed E-state index contributed by atoms with van der Waals surface area (Å²) in [6.07, 6.45) is 7.10. The lowest BCUT2D eigenvalue weighted by Gasteiger charge is -2.47. The smallest absolute Gasteiger partial charge is 0.229 e. The predicted molar refractivity (Wildman–Crippen MR) is 48.9 cm³/mol. The summed E-state index contributed by atoms with van der Waals surface area (Å²) in [5, 5.41) is 8.96. The average Bonchev–Trinajstić information content (AvgIpc) is 2.09. The molecule has 1 heterocycles. The maximum absolute atomic E-state index is 11.5. The Bertz CT molecular complexity index is 205. The molecule has 3 nitrogen and oxygen atoms in total. The first-order valence-corrected chi connectivity index (χ1v) is 5.26. The second-order valence-corrected chi connectivity index (χ2v) is 4.11. The Morgan fingerprint density at radius 2 is 1.92 bits per heavy atom. The molecule has 2 fully saturated rings. The van der Waals surface area contributed by atoms with Crippen LogP contribution in [0.4, 0.5) is 0 Å². The zero-order valence-electron chi connectivity index (χ0n) is 7.91. The molecular weight excluding hydrogens is 166 g/mol. The summed E-state index contributed by atoms with van der Waals surface area (Å²) in [5.74, 6) is 0.418. The van der Waals surface area contributed by atoms with Crippen LogP contribution in [0.1, 0.15) is 38.5 Å². The molecule has 0 spiro atoms. The van der Waals surface area contributed by atoms with E-state index in [1.54, 1.807) is 4.90 Å². The van der Waals surface area contributed by atoms with Crippen LogP contribution in [0.5, 0.6) is 0 Å². The van der Waals surface area contributed by atoms with Gasteiger partial charge in [0.25, 0.3) is 0 Å². The third-order valence-corrected chi connectivity index (χ3v) is 3.38. The average molecular weight is 183 g/mol. The van der Waals surface area contributed by atoms with Gasteiger partial charge in [0.2, 0.25) is 5.91 Å². The van der Waals surface area contributed by atoms with E-state index in [0.29, 0.717) is 6.04 Å². The highest BCUT2D eigenvalue weighted by atomic mass is 16.3. The molecule has 1 amide bonds. The van der Waals surface area contributed by atoms with E-state index in [-0.39, 0.29) is 18.6 Å². The van der Waals surface area contributed by atoms with E-state index in [0.717, 1.165) is 12.8 Å². The SMILES string of the molecule is O=C1[C@H]2CCCCCC[C@H]2N1CO. The fraction of sp³-hybridized carbons (Fsp3) is 0.900. The lowest BCUT2D eigenvalue weighted by atomic mass is 9.79. The van der Waals surface area contributed by atoms with Crippen molar-refractivity contribution in [2.75, 3.05) is 6.73 Å². The van der Waals surface area contributed by atoms with Crippen molar-refractivity contribution in [1.29, 1.82) is 0 Å². The summed E-state index contributed by atoms with van der Waals surface area (Å²) < 4.78 is 0. The first-order chi connectivity index (χ1) is 6.34. The van der Waals surface area contributed by atoms with E-state index in [2.05, 4.69) is 0 Å². The van der Waals surface area contributed by atoms with E-state index in [4.69, 9.17) is 5.11 Å². The first-order valence-electron chi connectivity index (χ1n) is 5.26. The summed E-state index contributed by atoms with van der Waals surface area (Å²) in [5.41, 5.74) is 0. The number of carbonyl (C=O) groups excluding carboxylic acids is 1. The number of rotatable bonds is 1. The van der Waals surface area contributed by atoms with Crippen LogP contribution in [-0.4, -0.2) is 28.7 Å². The highest BCUT2D eigenvalue weighted by Crippen LogP contribution is 2.35. The molecule has 1 saturated heterocycles. The van der Waals surface area contributed by atoms with Crippen LogP contribution in [0, 0.1) is 5.92 Å². The highest BCUT2D eigenvalue weighted by molar-refractivity contribution is 5.85. The van der Waals surface area contributed by atoms with Gasteiger partial charge in [-0.05, 0) is 12.8 Å². The third kappa shape index (κ3) is 1.46. The van der Waals surface area contributed by atoms with Crippen molar-refractivity contribution in [3.63, 3.8) is 0 Å². The van der Waals surface area contributed by atoms with Crippen LogP contribution in [0.3, 0.4) is 0 Å². The third-order valence-electron chi connectivity index (χ3n) is 3.38. The molecule has 1 saturated carbocycles. The van der Waals surface area contributed by atoms with Gasteiger partial charge < -0.3 is 10.0 Å². The number of hydrogen-bond acceptors (Lipinski definition) is 2. The second kappa shape index (κ2) is 3.66. The molecule has 1 aliphatic heterocycles. The van der Waals surface area contributed by atoms with Gasteiger partial charge in [-0.3, -0.25) is 4.79 Å². The Hall–Kier alpha value is -0.570. The number of aliphatic hydroxyl groups excluding tert-OH is 1. The number of β-lactam (4-membered cyclic amide) rings is 1. The Morgan fingerprint density at radius 1 is 1.23 bits per heavy atom. The second-order valence-electron chi connectivity index (χ2n) is 4.11. The largest absolute Gasteiger partial charge is 0.376 e. The summed E-state index contributed by atoms with van der Waals surface area (Å²) in [6, 6.07) is 0.359. The van der Waals surface area contributed by atoms with Gasteiger partial charge in [0.05, 0.1) is 5.92 Å². The molecule has 2 aliphatic rings. The van der Waals surface area contributed by atoms with Gasteiger partial charge in [0.15, 0.2) is 0 Å². The van der Waals surface area contributed by atoms with E-state index in [1.807, 2.05) is 0 Å². The monoisotopic (exact) mass is 183 g/mol. The Kier molecular flexibility index (Phi) is 2.54. The van der Waals surface area contributed by atoms with Crippen molar-refractivity contribution in [1.82, 2.24) is 4.90 Å². The van der Waals surface area contributed by atoms with Gasteiger partial charge in [-0.15, -0.1) is 0 Å². The number of likely N-dealkylation sites (tertiary alicyclic amines) is 1. The summed E-state index contributed by atoms with van der Waals surface area (Å²) >= 11 is 0. The lowest BCUT2D eigenvalue weighted by Crippen LogP contribution is -2.61. The lowest BCUT2D eigenvalue weighted by molar-refractivity contribution is -0.165. The number of amides is 1. The minimum absolute atomic E-state index is 0.0833. The van der Waals surface area contributed by atoms with Gasteiger partial charge in [0.1, 0.15) is 6.73 Å². The molecule has 74 valence electrons. The quantitative estimate of drug-likeness (QED) is 0.619. The van der Waals surface area contributed by atoms with E-state index in [1.165, 1.54) is 25.7 Å². The number of fused-ring (bicyclic) bond motifs is 1. The Morgan fingerprint density at radius 3 is 2.62 bits per heavy atom. The molecule has 2 atom stereocenters. The van der Waals surface area contributed by atoms with Crippen molar-refractivity contribution in [2.24, 2.45) is 5.92 Å². The van der Waals surface area contributed by atoms with Gasteiger partial charge in [-0.2, -0.15) is 0 Å². The Balaban J connectivity index is 1.98. The van der Waals surface area contributed by atoms with Crippen molar-refractivity contribution < 1.29 is 9.90 Å². The van der Waals surface area contributed by atoms with Crippen molar-refractivity contribution >= 4 is 5.91 Å². The van der Waals surface area contributed by atoms with E-state index >= 15 is 0 Å². The maximum atomic E-state index is 11.5. The molecule has 0 bridgehead atoms. The normalized spacial score (nSPS) is 34.5. The van der Waals surface area contributed by atoms with Gasteiger partial charge in [-0.25, -0.2) is 0 Å². The molecule has 0 radical (unpaired) electrons. The van der Waals surface area contributed by atoms with Crippen molar-refractivity contribution in [3.05, 3.63) is 0 Å². The number of hydrogen-bond donors (Lipinski definition) is 1. The van der Waals surface area contributed by atoms with E-state index < -0.39 is 0 Å². The van der Waals surface area contributed by atoms with Crippen molar-refractivity contribution in [3.8, 4) is 0 Å². The first kappa shape index (κ1) is 9.00. The predicted octanol–water partition coefficient (Wildman–Crippen LogP) is 1.12. The van der Waals surface area contributed by atoms with Gasteiger partial charge in [-0.1, -0.05) is 25.7 Å². The van der Waals surface area contributed by atoms with E-state index in [9.17, 15) is 4.79 Å². The molecule has 13 heavy (non-hydrogen) atoms. The van der Waals surface area contributed by atoms with Crippen molar-refractivity contribution in [2.45, 2.75) is 44.6 Å². The van der Waals surface area contributed by atoms with Gasteiger partial charge in [0, 0.05) is 6.04 Å². The standard InChI is InChI=1S/C10H17NO2/c12-7-11-9-6-4-2-1-3-5-8(9)10(11)13/h8-9,12H,1-7H2/t8-,9+/m0/s1. The Labute approximate surface area is 78.7 Å². The number of nitrogens with zero attached hydrogens (tertiary/aromatic N) is 1. The molecule has 0 unspecified atom stereocenters. The zero-order chi connectivity index (χ0) is 9.26. The molecule has 3 heteroatoms. The van der Waals surface area contributed by atoms with Crippen LogP contribution in [0.25, 0.3) is 0 Å². The summed E-state index contributed by atoms with van der Waals surface area (Å²) in [6.45, 7) is -0.0833. The molecular formula is C10H17NO2. The van der Waals surface area contributed by atoms with Crippen LogP contribution in [0.15, 0.2) is 0 Å². The maximum Gasteiger partial charge on any atom is 0.229 e. The highest BCUT2D eigenvalue weighted by Gasteiger charge is 2.45. The zero-order valence-corrected chi connectivity index (χ0v) is 7.91. The molecule has 0 aromatic carbocycles. The van der Waals surface area contributed by atoms with Crippen LogP contribution < -0.4 is 0 Å². The summed E-state index contributed by atoms with van der Waals surface area (Å²) in [7, 11) is 0. The number of aliphatic hydroxyl groups is 1.